The monoisotopic (exact) mass is 448 g/mol. The van der Waals surface area contributed by atoms with E-state index in [4.69, 9.17) is 11.6 Å². The molecule has 0 atom stereocenters. The number of amides is 1. The molecule has 6 nitrogen and oxygen atoms in total. The highest BCUT2D eigenvalue weighted by molar-refractivity contribution is 6.30. The summed E-state index contributed by atoms with van der Waals surface area (Å²) in [5.41, 5.74) is 3.66. The minimum absolute atomic E-state index is 0.0128. The largest absolute Gasteiger partial charge is 0.295 e. The fourth-order valence-electron chi connectivity index (χ4n) is 3.26. The molecule has 0 aliphatic carbocycles. The van der Waals surface area contributed by atoms with E-state index < -0.39 is 17.3 Å². The van der Waals surface area contributed by atoms with Crippen LogP contribution < -0.4 is 11.0 Å². The summed E-state index contributed by atoms with van der Waals surface area (Å²) in [6, 6.07) is 21.1. The van der Waals surface area contributed by atoms with Crippen LogP contribution in [0.2, 0.25) is 5.02 Å². The van der Waals surface area contributed by atoms with Gasteiger partial charge in [0.1, 0.15) is 11.5 Å². The van der Waals surface area contributed by atoms with Crippen LogP contribution in [0.15, 0.2) is 88.8 Å². The summed E-state index contributed by atoms with van der Waals surface area (Å²) in [6.45, 7) is 1.69. The Morgan fingerprint density at radius 1 is 1.00 bits per heavy atom. The van der Waals surface area contributed by atoms with E-state index >= 15 is 0 Å². The summed E-state index contributed by atoms with van der Waals surface area (Å²) in [5.74, 6) is -1.09. The number of nitrogens with zero attached hydrogens (tertiary/aromatic N) is 2. The lowest BCUT2D eigenvalue weighted by molar-refractivity contribution is 0.0955. The van der Waals surface area contributed by atoms with Gasteiger partial charge in [0.05, 0.1) is 11.3 Å². The predicted octanol–water partition coefficient (Wildman–Crippen LogP) is 4.45. The Hall–Kier alpha value is -3.97. The number of nitrogens with one attached hydrogen (secondary N) is 2. The van der Waals surface area contributed by atoms with Crippen LogP contribution in [0.25, 0.3) is 5.69 Å². The topological polar surface area (TPSA) is 79.2 Å². The molecule has 32 heavy (non-hydrogen) atoms. The average molecular weight is 449 g/mol. The minimum atomic E-state index is -0.571. The normalized spacial score (nSPS) is 11.4. The Labute approximate surface area is 188 Å². The number of aromatic amines is 1. The first-order chi connectivity index (χ1) is 15.5. The van der Waals surface area contributed by atoms with Gasteiger partial charge in [-0.1, -0.05) is 41.9 Å². The van der Waals surface area contributed by atoms with Gasteiger partial charge in [-0.2, -0.15) is 5.10 Å². The average Bonchev–Trinajstić information content (AvgIpc) is 3.10. The lowest BCUT2D eigenvalue weighted by Gasteiger charge is -2.08. The predicted molar refractivity (Wildman–Crippen MR) is 122 cm³/mol. The van der Waals surface area contributed by atoms with Crippen LogP contribution in [0.5, 0.6) is 0 Å². The molecule has 0 unspecified atom stereocenters. The Bertz CT molecular complexity index is 1360. The second kappa shape index (κ2) is 9.03. The number of carbonyl (C=O) groups is 1. The molecule has 1 aromatic heterocycles. The van der Waals surface area contributed by atoms with E-state index in [0.717, 1.165) is 0 Å². The molecular formula is C24H18ClFN4O2. The van der Waals surface area contributed by atoms with Gasteiger partial charge < -0.3 is 0 Å². The minimum Gasteiger partial charge on any atom is -0.295 e. The van der Waals surface area contributed by atoms with Gasteiger partial charge in [0, 0.05) is 21.8 Å². The molecule has 0 spiro atoms. The number of H-pyrrole nitrogens is 1. The number of hydrazone groups is 1. The van der Waals surface area contributed by atoms with Crippen LogP contribution in [-0.4, -0.2) is 21.4 Å². The number of hydrogen-bond acceptors (Lipinski definition) is 3. The van der Waals surface area contributed by atoms with Gasteiger partial charge in [0.2, 0.25) is 0 Å². The molecule has 0 saturated carbocycles. The van der Waals surface area contributed by atoms with Crippen molar-refractivity contribution in [3.63, 3.8) is 0 Å². The maximum Gasteiger partial charge on any atom is 0.281 e. The zero-order valence-corrected chi connectivity index (χ0v) is 17.7. The number of hydrogen-bond donors (Lipinski definition) is 2. The fourth-order valence-corrected chi connectivity index (χ4v) is 3.39. The van der Waals surface area contributed by atoms with Gasteiger partial charge >= 0.3 is 0 Å². The van der Waals surface area contributed by atoms with Crippen molar-refractivity contribution in [2.24, 2.45) is 5.10 Å². The Morgan fingerprint density at radius 2 is 1.66 bits per heavy atom. The van der Waals surface area contributed by atoms with Crippen LogP contribution in [0.3, 0.4) is 0 Å². The van der Waals surface area contributed by atoms with Gasteiger partial charge in [-0.3, -0.25) is 14.7 Å². The van der Waals surface area contributed by atoms with E-state index in [1.165, 1.54) is 22.9 Å². The molecule has 0 radical (unpaired) electrons. The van der Waals surface area contributed by atoms with Gasteiger partial charge in [-0.25, -0.2) is 14.5 Å². The van der Waals surface area contributed by atoms with Crippen LogP contribution in [0, 0.1) is 12.7 Å². The second-order valence-electron chi connectivity index (χ2n) is 6.98. The smallest absolute Gasteiger partial charge is 0.281 e. The standard InChI is InChI=1S/C24H18ClFN4O2/c1-15-21(24(32)30(29-15)18-7-3-2-4-8-18)22(19-9-5-6-10-20(19)26)27-28-23(31)16-11-13-17(25)14-12-16/h2-14,29H,1H3,(H,28,31)/b27-22+. The van der Waals surface area contributed by atoms with Crippen LogP contribution in [0.4, 0.5) is 4.39 Å². The van der Waals surface area contributed by atoms with E-state index in [1.807, 2.05) is 6.07 Å². The maximum absolute atomic E-state index is 14.7. The van der Waals surface area contributed by atoms with Crippen molar-refractivity contribution in [1.29, 1.82) is 0 Å². The lowest BCUT2D eigenvalue weighted by Crippen LogP contribution is -2.26. The summed E-state index contributed by atoms with van der Waals surface area (Å²) in [4.78, 5) is 25.8. The first-order valence-corrected chi connectivity index (χ1v) is 10.1. The number of para-hydroxylation sites is 1. The summed E-state index contributed by atoms with van der Waals surface area (Å²) in [5, 5.41) is 7.65. The summed E-state index contributed by atoms with van der Waals surface area (Å²) in [6.07, 6.45) is 0. The number of rotatable bonds is 5. The van der Waals surface area contributed by atoms with Crippen LogP contribution in [0.1, 0.15) is 27.2 Å². The zero-order chi connectivity index (χ0) is 22.7. The highest BCUT2D eigenvalue weighted by Crippen LogP contribution is 2.16. The van der Waals surface area contributed by atoms with Crippen molar-refractivity contribution < 1.29 is 9.18 Å². The zero-order valence-electron chi connectivity index (χ0n) is 17.0. The molecule has 160 valence electrons. The Balaban J connectivity index is 1.81. The third-order valence-electron chi connectivity index (χ3n) is 4.83. The van der Waals surface area contributed by atoms with Crippen molar-refractivity contribution in [3.05, 3.63) is 122 Å². The molecule has 0 aliphatic heterocycles. The third-order valence-corrected chi connectivity index (χ3v) is 5.08. The van der Waals surface area contributed by atoms with Crippen molar-refractivity contribution in [1.82, 2.24) is 15.2 Å². The maximum atomic E-state index is 14.7. The van der Waals surface area contributed by atoms with Crippen LogP contribution >= 0.6 is 11.6 Å². The van der Waals surface area contributed by atoms with E-state index in [2.05, 4.69) is 15.6 Å². The highest BCUT2D eigenvalue weighted by Gasteiger charge is 2.22. The molecule has 4 aromatic rings. The molecule has 2 N–H and O–H groups in total. The summed E-state index contributed by atoms with van der Waals surface area (Å²) in [7, 11) is 0. The Morgan fingerprint density at radius 3 is 2.34 bits per heavy atom. The molecule has 0 fully saturated rings. The molecule has 8 heteroatoms. The molecule has 1 heterocycles. The van der Waals surface area contributed by atoms with Gasteiger partial charge in [-0.05, 0) is 55.5 Å². The van der Waals surface area contributed by atoms with E-state index in [-0.39, 0.29) is 16.8 Å². The summed E-state index contributed by atoms with van der Waals surface area (Å²) >= 11 is 5.87. The first kappa shape index (κ1) is 21.3. The third kappa shape index (κ3) is 4.24. The number of aryl methyl sites for hydroxylation is 1. The van der Waals surface area contributed by atoms with Crippen molar-refractivity contribution in [2.45, 2.75) is 6.92 Å². The molecule has 0 aliphatic rings. The van der Waals surface area contributed by atoms with Crippen LogP contribution in [-0.2, 0) is 0 Å². The number of carbonyl (C=O) groups excluding carboxylic acids is 1. The number of benzene rings is 3. The molecular weight excluding hydrogens is 431 g/mol. The number of aromatic nitrogens is 2. The highest BCUT2D eigenvalue weighted by atomic mass is 35.5. The quantitative estimate of drug-likeness (QED) is 0.349. The van der Waals surface area contributed by atoms with Gasteiger partial charge in [0.15, 0.2) is 0 Å². The first-order valence-electron chi connectivity index (χ1n) is 9.71. The van der Waals surface area contributed by atoms with Gasteiger partial charge in [0.25, 0.3) is 11.5 Å². The summed E-state index contributed by atoms with van der Waals surface area (Å²) < 4.78 is 16.0. The number of halogens is 2. The van der Waals surface area contributed by atoms with E-state index in [9.17, 15) is 14.0 Å². The Kier molecular flexibility index (Phi) is 6.00. The molecule has 3 aromatic carbocycles. The molecule has 4 rings (SSSR count). The second-order valence-corrected chi connectivity index (χ2v) is 7.41. The van der Waals surface area contributed by atoms with Crippen molar-refractivity contribution in [3.8, 4) is 5.69 Å². The molecule has 0 bridgehead atoms. The van der Waals surface area contributed by atoms with Crippen molar-refractivity contribution >= 4 is 23.2 Å². The molecule has 1 amide bonds. The van der Waals surface area contributed by atoms with Gasteiger partial charge in [-0.15, -0.1) is 0 Å². The lowest BCUT2D eigenvalue weighted by atomic mass is 10.0. The SMILES string of the molecule is Cc1[nH]n(-c2ccccc2)c(=O)c1/C(=N/NC(=O)c1ccc(Cl)cc1)c1ccccc1F. The van der Waals surface area contributed by atoms with E-state index in [0.29, 0.717) is 22.0 Å². The molecule has 0 saturated heterocycles. The van der Waals surface area contributed by atoms with Crippen molar-refractivity contribution in [2.75, 3.05) is 0 Å². The fraction of sp³-hybridized carbons (Fsp3) is 0.0417. The van der Waals surface area contributed by atoms with E-state index in [1.54, 1.807) is 61.5 Å².